The molecule has 0 aromatic heterocycles. The second-order valence-corrected chi connectivity index (χ2v) is 8.19. The van der Waals surface area contributed by atoms with Gasteiger partial charge >= 0.3 is 0 Å². The Kier molecular flexibility index (Phi) is 2.38. The molecular weight excluding hydrogens is 236 g/mol. The van der Waals surface area contributed by atoms with Gasteiger partial charge in [0.2, 0.25) is 0 Å². The molecule has 0 aromatic rings. The molecule has 0 aromatic carbocycles. The first-order valence-corrected chi connectivity index (χ1v) is 7.92. The van der Waals surface area contributed by atoms with Crippen molar-refractivity contribution in [2.24, 2.45) is 22.7 Å². The van der Waals surface area contributed by atoms with Crippen LogP contribution in [0.15, 0.2) is 12.2 Å². The average molecular weight is 262 g/mol. The summed E-state index contributed by atoms with van der Waals surface area (Å²) >= 11 is 0. The summed E-state index contributed by atoms with van der Waals surface area (Å²) < 4.78 is 12.5. The zero-order chi connectivity index (χ0) is 13.3. The zero-order valence-electron chi connectivity index (χ0n) is 12.3. The van der Waals surface area contributed by atoms with E-state index in [1.807, 2.05) is 0 Å². The second kappa shape index (κ2) is 3.65. The highest BCUT2D eigenvalue weighted by molar-refractivity contribution is 5.27. The topological polar surface area (TPSA) is 18.5 Å². The van der Waals surface area contributed by atoms with E-state index in [-0.39, 0.29) is 11.2 Å². The fourth-order valence-electron chi connectivity index (χ4n) is 5.36. The van der Waals surface area contributed by atoms with Gasteiger partial charge in [0.15, 0.2) is 5.79 Å². The van der Waals surface area contributed by atoms with Gasteiger partial charge in [-0.25, -0.2) is 0 Å². The first kappa shape index (κ1) is 12.4. The smallest absolute Gasteiger partial charge is 0.169 e. The van der Waals surface area contributed by atoms with Crippen LogP contribution in [0.3, 0.4) is 0 Å². The van der Waals surface area contributed by atoms with Crippen LogP contribution in [-0.4, -0.2) is 19.0 Å². The Hall–Kier alpha value is -0.340. The van der Waals surface area contributed by atoms with Gasteiger partial charge in [-0.1, -0.05) is 26.0 Å². The van der Waals surface area contributed by atoms with Crippen LogP contribution in [0.1, 0.15) is 52.4 Å². The molecule has 19 heavy (non-hydrogen) atoms. The molecule has 3 atom stereocenters. The lowest BCUT2D eigenvalue weighted by Gasteiger charge is -2.43. The third kappa shape index (κ3) is 1.56. The van der Waals surface area contributed by atoms with Crippen molar-refractivity contribution in [3.63, 3.8) is 0 Å². The molecular formula is C17H26O2. The first-order valence-electron chi connectivity index (χ1n) is 7.92. The van der Waals surface area contributed by atoms with Gasteiger partial charge in [0, 0.05) is 23.7 Å². The minimum atomic E-state index is -0.272. The highest BCUT2D eigenvalue weighted by atomic mass is 16.7. The van der Waals surface area contributed by atoms with Crippen molar-refractivity contribution >= 4 is 0 Å². The molecule has 4 rings (SSSR count). The molecule has 0 unspecified atom stereocenters. The Morgan fingerprint density at radius 3 is 2.47 bits per heavy atom. The Bertz CT molecular complexity index is 415. The largest absolute Gasteiger partial charge is 0.349 e. The van der Waals surface area contributed by atoms with E-state index in [1.54, 1.807) is 0 Å². The molecule has 4 aliphatic rings. The van der Waals surface area contributed by atoms with E-state index in [1.165, 1.54) is 31.3 Å². The lowest BCUT2D eigenvalue weighted by Crippen LogP contribution is -2.47. The van der Waals surface area contributed by atoms with Crippen LogP contribution in [-0.2, 0) is 9.47 Å². The van der Waals surface area contributed by atoms with Gasteiger partial charge in [-0.3, -0.25) is 0 Å². The minimum Gasteiger partial charge on any atom is -0.349 e. The molecule has 2 spiro atoms. The Labute approximate surface area is 116 Å². The predicted molar refractivity (Wildman–Crippen MR) is 74.7 cm³/mol. The summed E-state index contributed by atoms with van der Waals surface area (Å²) in [5.41, 5.74) is 2.06. The first-order chi connectivity index (χ1) is 8.96. The molecule has 3 saturated carbocycles. The number of hydrogen-bond donors (Lipinski definition) is 0. The zero-order valence-corrected chi connectivity index (χ0v) is 12.3. The fraction of sp³-hybridized carbons (Fsp3) is 0.882. The molecule has 4 fully saturated rings. The van der Waals surface area contributed by atoms with Crippen LogP contribution < -0.4 is 0 Å². The van der Waals surface area contributed by atoms with Crippen molar-refractivity contribution in [1.82, 2.24) is 0 Å². The van der Waals surface area contributed by atoms with E-state index in [0.717, 1.165) is 37.9 Å². The summed E-state index contributed by atoms with van der Waals surface area (Å²) in [6.07, 6.45) is 7.56. The van der Waals surface area contributed by atoms with Crippen LogP contribution in [0.4, 0.5) is 0 Å². The molecule has 1 saturated heterocycles. The Balaban J connectivity index is 1.62. The molecule has 2 heteroatoms. The van der Waals surface area contributed by atoms with Gasteiger partial charge < -0.3 is 9.47 Å². The van der Waals surface area contributed by atoms with Crippen molar-refractivity contribution < 1.29 is 9.47 Å². The van der Waals surface area contributed by atoms with Gasteiger partial charge in [0.25, 0.3) is 0 Å². The minimum absolute atomic E-state index is 0.173. The van der Waals surface area contributed by atoms with Crippen molar-refractivity contribution in [1.29, 1.82) is 0 Å². The number of ether oxygens (including phenoxy) is 2. The molecule has 0 bridgehead atoms. The number of allylic oxidation sites excluding steroid dienone is 1. The monoisotopic (exact) mass is 262 g/mol. The Morgan fingerprint density at radius 2 is 1.74 bits per heavy atom. The van der Waals surface area contributed by atoms with Gasteiger partial charge in [0.05, 0.1) is 13.2 Å². The van der Waals surface area contributed by atoms with Crippen LogP contribution in [0.2, 0.25) is 0 Å². The van der Waals surface area contributed by atoms with E-state index in [9.17, 15) is 0 Å². The summed E-state index contributed by atoms with van der Waals surface area (Å²) in [5, 5.41) is 0. The molecule has 1 aliphatic heterocycles. The van der Waals surface area contributed by atoms with Gasteiger partial charge in [-0.2, -0.15) is 0 Å². The van der Waals surface area contributed by atoms with E-state index >= 15 is 0 Å². The van der Waals surface area contributed by atoms with Crippen molar-refractivity contribution in [3.8, 4) is 0 Å². The summed E-state index contributed by atoms with van der Waals surface area (Å²) in [6, 6.07) is 0. The molecule has 106 valence electrons. The average Bonchev–Trinajstić information content (AvgIpc) is 2.94. The van der Waals surface area contributed by atoms with Crippen LogP contribution in [0.5, 0.6) is 0 Å². The van der Waals surface area contributed by atoms with Crippen molar-refractivity contribution in [2.75, 3.05) is 13.2 Å². The van der Waals surface area contributed by atoms with Crippen molar-refractivity contribution in [3.05, 3.63) is 12.2 Å². The predicted octanol–water partition coefficient (Wildman–Crippen LogP) is 3.91. The SMILES string of the molecule is C=C1CC[C@@H]2CC[C@H]3CC4(C[C@@]123)OCC(C)(C)CO4. The van der Waals surface area contributed by atoms with Crippen molar-refractivity contribution in [2.45, 2.75) is 58.2 Å². The van der Waals surface area contributed by atoms with Crippen LogP contribution in [0.25, 0.3) is 0 Å². The van der Waals surface area contributed by atoms with Crippen LogP contribution in [0, 0.1) is 22.7 Å². The summed E-state index contributed by atoms with van der Waals surface area (Å²) in [6.45, 7) is 10.6. The van der Waals surface area contributed by atoms with E-state index < -0.39 is 0 Å². The fourth-order valence-corrected chi connectivity index (χ4v) is 5.36. The standard InChI is InChI=1S/C17H26O2/c1-12-4-5-13-6-7-14-8-16(9-17(12,13)14)18-10-15(2,3)11-19-16/h13-14H,1,4-11H2,2-3H3/t13-,14+,17-/m1/s1. The summed E-state index contributed by atoms with van der Waals surface area (Å²) in [4.78, 5) is 0. The summed E-state index contributed by atoms with van der Waals surface area (Å²) in [7, 11) is 0. The Morgan fingerprint density at radius 1 is 1.05 bits per heavy atom. The maximum atomic E-state index is 6.27. The molecule has 2 nitrogen and oxygen atoms in total. The van der Waals surface area contributed by atoms with Gasteiger partial charge in [0.1, 0.15) is 0 Å². The third-order valence-corrected chi connectivity index (χ3v) is 6.34. The highest BCUT2D eigenvalue weighted by Crippen LogP contribution is 2.69. The highest BCUT2D eigenvalue weighted by Gasteiger charge is 2.65. The lowest BCUT2D eigenvalue weighted by molar-refractivity contribution is -0.299. The number of rotatable bonds is 0. The summed E-state index contributed by atoms with van der Waals surface area (Å²) in [5.74, 6) is 1.37. The van der Waals surface area contributed by atoms with Gasteiger partial charge in [-0.05, 0) is 37.5 Å². The van der Waals surface area contributed by atoms with E-state index in [0.29, 0.717) is 5.41 Å². The lowest BCUT2D eigenvalue weighted by atomic mass is 9.73. The maximum absolute atomic E-state index is 6.27. The molecule has 0 N–H and O–H groups in total. The quantitative estimate of drug-likeness (QED) is 0.616. The van der Waals surface area contributed by atoms with E-state index in [2.05, 4.69) is 20.4 Å². The molecule has 0 amide bonds. The maximum Gasteiger partial charge on any atom is 0.169 e. The molecule has 0 radical (unpaired) electrons. The molecule has 1 heterocycles. The normalized spacial score (nSPS) is 46.5. The van der Waals surface area contributed by atoms with E-state index in [4.69, 9.17) is 9.47 Å². The van der Waals surface area contributed by atoms with Gasteiger partial charge in [-0.15, -0.1) is 0 Å². The second-order valence-electron chi connectivity index (χ2n) is 8.19. The third-order valence-electron chi connectivity index (χ3n) is 6.34. The van der Waals surface area contributed by atoms with Crippen LogP contribution >= 0.6 is 0 Å². The number of hydrogen-bond acceptors (Lipinski definition) is 2. The molecule has 3 aliphatic carbocycles.